The van der Waals surface area contributed by atoms with Crippen molar-refractivity contribution in [2.45, 2.75) is 6.92 Å². The van der Waals surface area contributed by atoms with Gasteiger partial charge in [0.05, 0.1) is 5.56 Å². The summed E-state index contributed by atoms with van der Waals surface area (Å²) in [7, 11) is 0. The third-order valence-corrected chi connectivity index (χ3v) is 2.86. The summed E-state index contributed by atoms with van der Waals surface area (Å²) in [4.78, 5) is 12.7. The van der Waals surface area contributed by atoms with Gasteiger partial charge in [0.2, 0.25) is 0 Å². The Morgan fingerprint density at radius 3 is 2.37 bits per heavy atom. The van der Waals surface area contributed by atoms with E-state index < -0.39 is 5.97 Å². The molecular formula is C15H14FNO2. The summed E-state index contributed by atoms with van der Waals surface area (Å²) in [6, 6.07) is 12.8. The highest BCUT2D eigenvalue weighted by atomic mass is 19.1. The van der Waals surface area contributed by atoms with Gasteiger partial charge in [-0.3, -0.25) is 0 Å². The minimum absolute atomic E-state index is 0.235. The summed E-state index contributed by atoms with van der Waals surface area (Å²) < 4.78 is 13.2. The number of nitrogens with zero attached hydrogens (tertiary/aromatic N) is 1. The molecule has 0 spiro atoms. The highest BCUT2D eigenvalue weighted by molar-refractivity contribution is 5.88. The van der Waals surface area contributed by atoms with Crippen LogP contribution in [0.1, 0.15) is 17.3 Å². The quantitative estimate of drug-likeness (QED) is 0.910. The van der Waals surface area contributed by atoms with E-state index in [1.807, 2.05) is 17.9 Å². The van der Waals surface area contributed by atoms with Crippen molar-refractivity contribution in [2.24, 2.45) is 0 Å². The summed E-state index contributed by atoms with van der Waals surface area (Å²) in [6.45, 7) is 2.62. The van der Waals surface area contributed by atoms with Gasteiger partial charge in [0.25, 0.3) is 0 Å². The fourth-order valence-electron chi connectivity index (χ4n) is 1.94. The van der Waals surface area contributed by atoms with Gasteiger partial charge < -0.3 is 10.0 Å². The van der Waals surface area contributed by atoms with Gasteiger partial charge in [0.15, 0.2) is 0 Å². The second-order valence-corrected chi connectivity index (χ2v) is 4.08. The van der Waals surface area contributed by atoms with Gasteiger partial charge in [-0.2, -0.15) is 0 Å². The molecule has 98 valence electrons. The second kappa shape index (κ2) is 5.52. The minimum Gasteiger partial charge on any atom is -0.478 e. The van der Waals surface area contributed by atoms with Crippen LogP contribution in [0.3, 0.4) is 0 Å². The molecule has 2 rings (SSSR count). The number of aromatic carboxylic acids is 1. The van der Waals surface area contributed by atoms with Crippen LogP contribution in [0.2, 0.25) is 0 Å². The first-order chi connectivity index (χ1) is 9.11. The SMILES string of the molecule is CCN(c1ccc(C(=O)O)cc1)c1cccc(F)c1. The lowest BCUT2D eigenvalue weighted by Crippen LogP contribution is -2.16. The number of hydrogen-bond acceptors (Lipinski definition) is 2. The first-order valence-corrected chi connectivity index (χ1v) is 5.98. The summed E-state index contributed by atoms with van der Waals surface area (Å²) in [5, 5.41) is 8.86. The number of hydrogen-bond donors (Lipinski definition) is 1. The Hall–Kier alpha value is -2.36. The summed E-state index contributed by atoms with van der Waals surface area (Å²) >= 11 is 0. The van der Waals surface area contributed by atoms with Crippen molar-refractivity contribution >= 4 is 17.3 Å². The first-order valence-electron chi connectivity index (χ1n) is 5.98. The van der Waals surface area contributed by atoms with Gasteiger partial charge in [0, 0.05) is 17.9 Å². The zero-order valence-corrected chi connectivity index (χ0v) is 10.5. The molecule has 2 aromatic rings. The smallest absolute Gasteiger partial charge is 0.335 e. The molecule has 0 heterocycles. The van der Waals surface area contributed by atoms with Crippen LogP contribution >= 0.6 is 0 Å². The van der Waals surface area contributed by atoms with Crippen LogP contribution in [0, 0.1) is 5.82 Å². The average Bonchev–Trinajstić information content (AvgIpc) is 2.40. The third-order valence-electron chi connectivity index (χ3n) is 2.86. The predicted octanol–water partition coefficient (Wildman–Crippen LogP) is 3.68. The molecule has 3 nitrogen and oxygen atoms in total. The molecule has 19 heavy (non-hydrogen) atoms. The van der Waals surface area contributed by atoms with Gasteiger partial charge in [-0.05, 0) is 49.4 Å². The Balaban J connectivity index is 2.34. The van der Waals surface area contributed by atoms with Crippen LogP contribution in [0.5, 0.6) is 0 Å². The van der Waals surface area contributed by atoms with Crippen LogP contribution in [0.15, 0.2) is 48.5 Å². The zero-order chi connectivity index (χ0) is 13.8. The topological polar surface area (TPSA) is 40.5 Å². The summed E-state index contributed by atoms with van der Waals surface area (Å²) in [5.74, 6) is -1.25. The van der Waals surface area contributed by atoms with Gasteiger partial charge in [-0.15, -0.1) is 0 Å². The minimum atomic E-state index is -0.958. The van der Waals surface area contributed by atoms with Gasteiger partial charge in [0.1, 0.15) is 5.82 Å². The average molecular weight is 259 g/mol. The lowest BCUT2D eigenvalue weighted by molar-refractivity contribution is 0.0697. The number of carboxylic acid groups (broad SMARTS) is 1. The van der Waals surface area contributed by atoms with E-state index in [-0.39, 0.29) is 11.4 Å². The molecule has 0 bridgehead atoms. The number of carboxylic acids is 1. The fraction of sp³-hybridized carbons (Fsp3) is 0.133. The van der Waals surface area contributed by atoms with Gasteiger partial charge in [-0.25, -0.2) is 9.18 Å². The first kappa shape index (κ1) is 13.1. The van der Waals surface area contributed by atoms with E-state index in [0.717, 1.165) is 11.4 Å². The second-order valence-electron chi connectivity index (χ2n) is 4.08. The van der Waals surface area contributed by atoms with Crippen molar-refractivity contribution in [1.82, 2.24) is 0 Å². The molecule has 0 saturated heterocycles. The van der Waals surface area contributed by atoms with Crippen LogP contribution in [0.4, 0.5) is 15.8 Å². The van der Waals surface area contributed by atoms with E-state index in [9.17, 15) is 9.18 Å². The Labute approximate surface area is 110 Å². The van der Waals surface area contributed by atoms with Crippen molar-refractivity contribution in [3.63, 3.8) is 0 Å². The summed E-state index contributed by atoms with van der Waals surface area (Å²) in [5.41, 5.74) is 1.81. The molecule has 0 unspecified atom stereocenters. The normalized spacial score (nSPS) is 10.2. The van der Waals surface area contributed by atoms with E-state index in [4.69, 9.17) is 5.11 Å². The fourth-order valence-corrected chi connectivity index (χ4v) is 1.94. The molecule has 0 amide bonds. The van der Waals surface area contributed by atoms with Gasteiger partial charge >= 0.3 is 5.97 Å². The molecule has 0 aliphatic rings. The lowest BCUT2D eigenvalue weighted by atomic mass is 10.2. The number of rotatable bonds is 4. The van der Waals surface area contributed by atoms with E-state index in [0.29, 0.717) is 6.54 Å². The lowest BCUT2D eigenvalue weighted by Gasteiger charge is -2.23. The van der Waals surface area contributed by atoms with E-state index >= 15 is 0 Å². The molecule has 2 aromatic carbocycles. The molecular weight excluding hydrogens is 245 g/mol. The molecule has 0 aromatic heterocycles. The zero-order valence-electron chi connectivity index (χ0n) is 10.5. The molecule has 4 heteroatoms. The van der Waals surface area contributed by atoms with E-state index in [1.165, 1.54) is 12.1 Å². The van der Waals surface area contributed by atoms with Gasteiger partial charge in [-0.1, -0.05) is 6.07 Å². The monoisotopic (exact) mass is 259 g/mol. The van der Waals surface area contributed by atoms with Crippen molar-refractivity contribution in [3.8, 4) is 0 Å². The third kappa shape index (κ3) is 2.91. The van der Waals surface area contributed by atoms with E-state index in [1.54, 1.807) is 30.3 Å². The maximum Gasteiger partial charge on any atom is 0.335 e. The van der Waals surface area contributed by atoms with Crippen LogP contribution < -0.4 is 4.90 Å². The molecule has 0 fully saturated rings. The Bertz CT molecular complexity index is 581. The highest BCUT2D eigenvalue weighted by Crippen LogP contribution is 2.25. The van der Waals surface area contributed by atoms with Crippen molar-refractivity contribution in [1.29, 1.82) is 0 Å². The largest absolute Gasteiger partial charge is 0.478 e. The number of benzene rings is 2. The van der Waals surface area contributed by atoms with Crippen molar-refractivity contribution < 1.29 is 14.3 Å². The number of anilines is 2. The Morgan fingerprint density at radius 2 is 1.84 bits per heavy atom. The molecule has 0 atom stereocenters. The molecule has 0 aliphatic heterocycles. The maximum absolute atomic E-state index is 13.2. The summed E-state index contributed by atoms with van der Waals surface area (Å²) in [6.07, 6.45) is 0. The molecule has 0 saturated carbocycles. The van der Waals surface area contributed by atoms with Crippen LogP contribution in [0.25, 0.3) is 0 Å². The van der Waals surface area contributed by atoms with E-state index in [2.05, 4.69) is 0 Å². The van der Waals surface area contributed by atoms with Crippen LogP contribution in [-0.4, -0.2) is 17.6 Å². The van der Waals surface area contributed by atoms with Crippen LogP contribution in [-0.2, 0) is 0 Å². The maximum atomic E-state index is 13.2. The highest BCUT2D eigenvalue weighted by Gasteiger charge is 2.09. The molecule has 0 aliphatic carbocycles. The Kier molecular flexibility index (Phi) is 3.80. The van der Waals surface area contributed by atoms with Crippen molar-refractivity contribution in [3.05, 3.63) is 59.9 Å². The van der Waals surface area contributed by atoms with Crippen molar-refractivity contribution in [2.75, 3.05) is 11.4 Å². The Morgan fingerprint density at radius 1 is 1.16 bits per heavy atom. The number of halogens is 1. The molecule has 1 N–H and O–H groups in total. The predicted molar refractivity (Wildman–Crippen MR) is 72.5 cm³/mol. The standard InChI is InChI=1S/C15H14FNO2/c1-2-17(14-5-3-4-12(16)10-14)13-8-6-11(7-9-13)15(18)19/h3-10H,2H2,1H3,(H,18,19). The molecule has 0 radical (unpaired) electrons. The number of carbonyl (C=O) groups is 1.